The Bertz CT molecular complexity index is 385. The van der Waals surface area contributed by atoms with Crippen LogP contribution in [0.15, 0.2) is 24.3 Å². The average molecular weight is 274 g/mol. The third kappa shape index (κ3) is 5.54. The van der Waals surface area contributed by atoms with Crippen LogP contribution in [0.3, 0.4) is 0 Å². The van der Waals surface area contributed by atoms with Crippen LogP contribution in [0.2, 0.25) is 0 Å². The molecule has 0 spiro atoms. The minimum Gasteiger partial charge on any atom is -0.399 e. The van der Waals surface area contributed by atoms with Crippen molar-refractivity contribution in [1.29, 1.82) is 0 Å². The van der Waals surface area contributed by atoms with Gasteiger partial charge in [-0.15, -0.1) is 0 Å². The zero-order chi connectivity index (χ0) is 14.2. The molecule has 1 aromatic carbocycles. The molecule has 0 aliphatic heterocycles. The van der Waals surface area contributed by atoms with Crippen molar-refractivity contribution < 1.29 is 0 Å². The van der Waals surface area contributed by atoms with Crippen LogP contribution in [0.25, 0.3) is 0 Å². The number of unbranched alkanes of at least 4 members (excludes halogenated alkanes) is 5. The molecule has 2 heteroatoms. The van der Waals surface area contributed by atoms with Crippen LogP contribution in [-0.4, -0.2) is 17.5 Å². The molecule has 1 aliphatic carbocycles. The summed E-state index contributed by atoms with van der Waals surface area (Å²) in [5, 5.41) is 0. The highest BCUT2D eigenvalue weighted by Crippen LogP contribution is 2.29. The summed E-state index contributed by atoms with van der Waals surface area (Å²) in [5.74, 6) is 0. The molecule has 2 N–H and O–H groups in total. The molecular weight excluding hydrogens is 244 g/mol. The smallest absolute Gasteiger partial charge is 0.0317 e. The molecule has 0 amide bonds. The molecule has 1 aromatic rings. The van der Waals surface area contributed by atoms with Gasteiger partial charge in [0.15, 0.2) is 0 Å². The molecular formula is C18H30N2. The average Bonchev–Trinajstić information content (AvgIpc) is 3.26. The fourth-order valence-corrected chi connectivity index (χ4v) is 2.85. The van der Waals surface area contributed by atoms with Crippen molar-refractivity contribution in [3.63, 3.8) is 0 Å². The molecule has 1 aliphatic rings. The van der Waals surface area contributed by atoms with E-state index < -0.39 is 0 Å². The van der Waals surface area contributed by atoms with E-state index in [1.165, 1.54) is 63.5 Å². The van der Waals surface area contributed by atoms with E-state index >= 15 is 0 Å². The molecule has 2 nitrogen and oxygen atoms in total. The Morgan fingerprint density at radius 1 is 1.10 bits per heavy atom. The van der Waals surface area contributed by atoms with E-state index in [0.29, 0.717) is 0 Å². The maximum absolute atomic E-state index is 5.88. The van der Waals surface area contributed by atoms with Crippen molar-refractivity contribution in [1.82, 2.24) is 4.90 Å². The standard InChI is InChI=1S/C18H30N2/c1-2-3-4-5-6-7-13-20(18-11-12-18)15-16-9-8-10-17(19)14-16/h8-10,14,18H,2-7,11-13,15,19H2,1H3. The SMILES string of the molecule is CCCCCCCCN(Cc1cccc(N)c1)C1CC1. The quantitative estimate of drug-likeness (QED) is 0.499. The van der Waals surface area contributed by atoms with Crippen molar-refractivity contribution in [2.75, 3.05) is 12.3 Å². The first-order valence-corrected chi connectivity index (χ1v) is 8.38. The van der Waals surface area contributed by atoms with Crippen LogP contribution in [0, 0.1) is 0 Å². The molecule has 1 saturated carbocycles. The fraction of sp³-hybridized carbons (Fsp3) is 0.667. The summed E-state index contributed by atoms with van der Waals surface area (Å²) < 4.78 is 0. The number of nitrogens with zero attached hydrogens (tertiary/aromatic N) is 1. The number of nitrogen functional groups attached to an aromatic ring is 1. The van der Waals surface area contributed by atoms with Gasteiger partial charge in [0, 0.05) is 18.3 Å². The maximum atomic E-state index is 5.88. The molecule has 2 rings (SSSR count). The van der Waals surface area contributed by atoms with E-state index in [9.17, 15) is 0 Å². The lowest BCUT2D eigenvalue weighted by Gasteiger charge is -2.22. The topological polar surface area (TPSA) is 29.3 Å². The van der Waals surface area contributed by atoms with Gasteiger partial charge in [0.1, 0.15) is 0 Å². The zero-order valence-corrected chi connectivity index (χ0v) is 13.0. The second-order valence-electron chi connectivity index (χ2n) is 6.21. The summed E-state index contributed by atoms with van der Waals surface area (Å²) in [6.07, 6.45) is 11.1. The summed E-state index contributed by atoms with van der Waals surface area (Å²) in [6.45, 7) is 4.61. The summed E-state index contributed by atoms with van der Waals surface area (Å²) in [4.78, 5) is 2.66. The van der Waals surface area contributed by atoms with Crippen LogP contribution in [-0.2, 0) is 6.54 Å². The van der Waals surface area contributed by atoms with Crippen LogP contribution in [0.5, 0.6) is 0 Å². The van der Waals surface area contributed by atoms with Gasteiger partial charge < -0.3 is 5.73 Å². The van der Waals surface area contributed by atoms with E-state index in [2.05, 4.69) is 30.0 Å². The lowest BCUT2D eigenvalue weighted by molar-refractivity contribution is 0.248. The Labute approximate surface area is 124 Å². The van der Waals surface area contributed by atoms with Crippen LogP contribution < -0.4 is 5.73 Å². The van der Waals surface area contributed by atoms with Crippen molar-refractivity contribution >= 4 is 5.69 Å². The number of anilines is 1. The van der Waals surface area contributed by atoms with Crippen molar-refractivity contribution in [2.45, 2.75) is 70.9 Å². The van der Waals surface area contributed by atoms with Crippen molar-refractivity contribution in [3.05, 3.63) is 29.8 Å². The first-order chi connectivity index (χ1) is 9.79. The van der Waals surface area contributed by atoms with Crippen LogP contribution in [0.4, 0.5) is 5.69 Å². The van der Waals surface area contributed by atoms with Crippen molar-refractivity contribution in [2.24, 2.45) is 0 Å². The Hall–Kier alpha value is -1.02. The van der Waals surface area contributed by atoms with Gasteiger partial charge in [-0.1, -0.05) is 51.2 Å². The minimum atomic E-state index is 0.840. The Morgan fingerprint density at radius 2 is 1.85 bits per heavy atom. The highest BCUT2D eigenvalue weighted by atomic mass is 15.2. The van der Waals surface area contributed by atoms with E-state index in [-0.39, 0.29) is 0 Å². The van der Waals surface area contributed by atoms with Gasteiger partial charge in [-0.05, 0) is 43.5 Å². The number of benzene rings is 1. The Morgan fingerprint density at radius 3 is 2.55 bits per heavy atom. The summed E-state index contributed by atoms with van der Waals surface area (Å²) in [7, 11) is 0. The van der Waals surface area contributed by atoms with Gasteiger partial charge >= 0.3 is 0 Å². The van der Waals surface area contributed by atoms with E-state index in [1.54, 1.807) is 0 Å². The molecule has 0 saturated heterocycles. The summed E-state index contributed by atoms with van der Waals surface area (Å²) in [6, 6.07) is 9.20. The molecule has 0 heterocycles. The summed E-state index contributed by atoms with van der Waals surface area (Å²) in [5.41, 5.74) is 8.13. The van der Waals surface area contributed by atoms with Crippen molar-refractivity contribution in [3.8, 4) is 0 Å². The first kappa shape index (κ1) is 15.4. The third-order valence-electron chi connectivity index (χ3n) is 4.20. The highest BCUT2D eigenvalue weighted by molar-refractivity contribution is 5.40. The second-order valence-corrected chi connectivity index (χ2v) is 6.21. The Kier molecular flexibility index (Phi) is 6.38. The van der Waals surface area contributed by atoms with E-state index in [1.807, 2.05) is 6.07 Å². The summed E-state index contributed by atoms with van der Waals surface area (Å²) >= 11 is 0. The molecule has 0 bridgehead atoms. The Balaban J connectivity index is 1.71. The largest absolute Gasteiger partial charge is 0.399 e. The fourth-order valence-electron chi connectivity index (χ4n) is 2.85. The monoisotopic (exact) mass is 274 g/mol. The van der Waals surface area contributed by atoms with Gasteiger partial charge in [0.05, 0.1) is 0 Å². The number of hydrogen-bond donors (Lipinski definition) is 1. The third-order valence-corrected chi connectivity index (χ3v) is 4.20. The second kappa shape index (κ2) is 8.31. The van der Waals surface area contributed by atoms with Gasteiger partial charge in [-0.25, -0.2) is 0 Å². The van der Waals surface area contributed by atoms with Gasteiger partial charge in [-0.3, -0.25) is 4.90 Å². The maximum Gasteiger partial charge on any atom is 0.0317 e. The lowest BCUT2D eigenvalue weighted by atomic mass is 10.1. The lowest BCUT2D eigenvalue weighted by Crippen LogP contribution is -2.26. The first-order valence-electron chi connectivity index (χ1n) is 8.38. The van der Waals surface area contributed by atoms with E-state index in [4.69, 9.17) is 5.73 Å². The molecule has 0 aromatic heterocycles. The van der Waals surface area contributed by atoms with Gasteiger partial charge in [-0.2, -0.15) is 0 Å². The van der Waals surface area contributed by atoms with Crippen LogP contribution >= 0.6 is 0 Å². The molecule has 112 valence electrons. The predicted octanol–water partition coefficient (Wildman–Crippen LogP) is 4.59. The normalized spacial score (nSPS) is 14.9. The molecule has 1 fully saturated rings. The number of hydrogen-bond acceptors (Lipinski definition) is 2. The van der Waals surface area contributed by atoms with Crippen LogP contribution in [0.1, 0.15) is 63.9 Å². The molecule has 20 heavy (non-hydrogen) atoms. The van der Waals surface area contributed by atoms with Gasteiger partial charge in [0.25, 0.3) is 0 Å². The zero-order valence-electron chi connectivity index (χ0n) is 13.0. The minimum absolute atomic E-state index is 0.840. The van der Waals surface area contributed by atoms with E-state index in [0.717, 1.165) is 18.3 Å². The number of rotatable bonds is 10. The number of nitrogens with two attached hydrogens (primary N) is 1. The van der Waals surface area contributed by atoms with Gasteiger partial charge in [0.2, 0.25) is 0 Å². The molecule has 0 atom stereocenters. The molecule has 0 unspecified atom stereocenters. The predicted molar refractivity (Wildman–Crippen MR) is 87.7 cm³/mol. The highest BCUT2D eigenvalue weighted by Gasteiger charge is 2.28. The molecule has 0 radical (unpaired) electrons.